The molecule has 1 nitrogen and oxygen atoms in total. The fourth-order valence-electron chi connectivity index (χ4n) is 7.08. The maximum atomic E-state index is 3.74. The standard InChI is InChI=1S/C40H27N/c1-2-10-26-21-29(18-17-25(26)9-1)39-32-13-5-7-15-34(32)40(35-16-8-6-14-33(35)39)30-19-20-31-36-22-27-11-3-4-12-28(27)23-38(36)41-37(31)24-30/h2-8,10-24,41H,1,9H2. The maximum absolute atomic E-state index is 3.74. The first kappa shape index (κ1) is 22.7. The maximum Gasteiger partial charge on any atom is 0.0471 e. The molecule has 0 atom stereocenters. The number of benzene rings is 7. The van der Waals surface area contributed by atoms with Crippen LogP contribution in [-0.2, 0) is 6.42 Å². The molecule has 0 amide bonds. The van der Waals surface area contributed by atoms with E-state index in [1.165, 1.54) is 87.5 Å². The van der Waals surface area contributed by atoms with Gasteiger partial charge in [0.15, 0.2) is 0 Å². The molecule has 41 heavy (non-hydrogen) atoms. The van der Waals surface area contributed by atoms with E-state index >= 15 is 0 Å². The zero-order valence-corrected chi connectivity index (χ0v) is 22.6. The Labute approximate surface area is 238 Å². The van der Waals surface area contributed by atoms with Crippen molar-refractivity contribution in [2.24, 2.45) is 0 Å². The molecular weight excluding hydrogens is 494 g/mol. The number of aromatic nitrogens is 1. The molecule has 0 radical (unpaired) electrons. The summed E-state index contributed by atoms with van der Waals surface area (Å²) in [5.41, 5.74) is 10.3. The Bertz CT molecular complexity index is 2310. The predicted octanol–water partition coefficient (Wildman–Crippen LogP) is 11.1. The number of fused-ring (bicyclic) bond motifs is 7. The highest BCUT2D eigenvalue weighted by atomic mass is 14.7. The second-order valence-electron chi connectivity index (χ2n) is 11.3. The largest absolute Gasteiger partial charge is 0.354 e. The molecule has 8 aromatic rings. The molecule has 1 N–H and O–H groups in total. The third kappa shape index (κ3) is 3.42. The summed E-state index contributed by atoms with van der Waals surface area (Å²) in [4.78, 5) is 3.74. The molecule has 0 saturated carbocycles. The lowest BCUT2D eigenvalue weighted by Crippen LogP contribution is -1.95. The van der Waals surface area contributed by atoms with Crippen LogP contribution in [0, 0.1) is 0 Å². The number of aryl methyl sites for hydroxylation is 1. The van der Waals surface area contributed by atoms with E-state index in [1.807, 2.05) is 0 Å². The van der Waals surface area contributed by atoms with Crippen molar-refractivity contribution < 1.29 is 0 Å². The van der Waals surface area contributed by atoms with Crippen LogP contribution < -0.4 is 0 Å². The quantitative estimate of drug-likeness (QED) is 0.218. The van der Waals surface area contributed by atoms with Crippen molar-refractivity contribution in [2.75, 3.05) is 0 Å². The average molecular weight is 522 g/mol. The van der Waals surface area contributed by atoms with Crippen LogP contribution in [0.3, 0.4) is 0 Å². The minimum absolute atomic E-state index is 1.12. The Kier molecular flexibility index (Phi) is 4.80. The Balaban J connectivity index is 1.32. The Morgan fingerprint density at radius 3 is 1.76 bits per heavy atom. The van der Waals surface area contributed by atoms with Gasteiger partial charge in [0.1, 0.15) is 0 Å². The molecule has 0 aliphatic heterocycles. The normalized spacial score (nSPS) is 13.1. The third-order valence-corrected chi connectivity index (χ3v) is 9.00. The van der Waals surface area contributed by atoms with Crippen molar-refractivity contribution in [3.05, 3.63) is 139 Å². The number of allylic oxidation sites excluding steroid dienone is 1. The van der Waals surface area contributed by atoms with E-state index in [0.717, 1.165) is 12.8 Å². The number of aromatic amines is 1. The summed E-state index contributed by atoms with van der Waals surface area (Å²) in [6.45, 7) is 0. The minimum atomic E-state index is 1.12. The number of hydrogen-bond acceptors (Lipinski definition) is 0. The molecule has 192 valence electrons. The predicted molar refractivity (Wildman–Crippen MR) is 177 cm³/mol. The highest BCUT2D eigenvalue weighted by molar-refractivity contribution is 6.22. The molecule has 0 bridgehead atoms. The van der Waals surface area contributed by atoms with Crippen LogP contribution in [0.5, 0.6) is 0 Å². The summed E-state index contributed by atoms with van der Waals surface area (Å²) in [6, 6.07) is 45.1. The Morgan fingerprint density at radius 1 is 0.463 bits per heavy atom. The summed E-state index contributed by atoms with van der Waals surface area (Å²) in [7, 11) is 0. The topological polar surface area (TPSA) is 15.8 Å². The van der Waals surface area contributed by atoms with Gasteiger partial charge in [0.05, 0.1) is 0 Å². The van der Waals surface area contributed by atoms with E-state index in [0.29, 0.717) is 0 Å². The Morgan fingerprint density at radius 2 is 1.05 bits per heavy atom. The van der Waals surface area contributed by atoms with Gasteiger partial charge in [-0.3, -0.25) is 0 Å². The second kappa shape index (κ2) is 8.68. The molecule has 1 aromatic heterocycles. The van der Waals surface area contributed by atoms with Crippen LogP contribution in [0.2, 0.25) is 0 Å². The number of nitrogens with one attached hydrogen (secondary N) is 1. The molecule has 1 heteroatoms. The van der Waals surface area contributed by atoms with Gasteiger partial charge in [0.2, 0.25) is 0 Å². The molecule has 1 heterocycles. The van der Waals surface area contributed by atoms with Gasteiger partial charge in [-0.1, -0.05) is 109 Å². The van der Waals surface area contributed by atoms with Crippen LogP contribution >= 0.6 is 0 Å². The van der Waals surface area contributed by atoms with Crippen molar-refractivity contribution in [3.8, 4) is 22.3 Å². The molecule has 0 spiro atoms. The third-order valence-electron chi connectivity index (χ3n) is 9.00. The lowest BCUT2D eigenvalue weighted by Gasteiger charge is -2.19. The zero-order valence-electron chi connectivity index (χ0n) is 22.6. The molecule has 0 fully saturated rings. The monoisotopic (exact) mass is 521 g/mol. The van der Waals surface area contributed by atoms with Gasteiger partial charge in [-0.2, -0.15) is 0 Å². The van der Waals surface area contributed by atoms with E-state index in [1.54, 1.807) is 0 Å². The van der Waals surface area contributed by atoms with Crippen LogP contribution in [0.15, 0.2) is 127 Å². The minimum Gasteiger partial charge on any atom is -0.354 e. The smallest absolute Gasteiger partial charge is 0.0471 e. The summed E-state index contributed by atoms with van der Waals surface area (Å²) in [5, 5.41) is 10.2. The van der Waals surface area contributed by atoms with Crippen LogP contribution in [-0.4, -0.2) is 4.98 Å². The van der Waals surface area contributed by atoms with E-state index < -0.39 is 0 Å². The van der Waals surface area contributed by atoms with Crippen molar-refractivity contribution in [1.82, 2.24) is 4.98 Å². The van der Waals surface area contributed by atoms with Crippen LogP contribution in [0.4, 0.5) is 0 Å². The summed E-state index contributed by atoms with van der Waals surface area (Å²) in [6.07, 6.45) is 6.84. The molecular formula is C40H27N. The van der Waals surface area contributed by atoms with E-state index in [9.17, 15) is 0 Å². The van der Waals surface area contributed by atoms with Crippen molar-refractivity contribution >= 4 is 60.2 Å². The lowest BCUT2D eigenvalue weighted by atomic mass is 9.84. The molecule has 0 saturated heterocycles. The highest BCUT2D eigenvalue weighted by Crippen LogP contribution is 2.45. The first-order valence-electron chi connectivity index (χ1n) is 14.5. The SMILES string of the molecule is C1=Cc2cc(-c3c4ccccc4c(-c4ccc5c(c4)[nH]c4cc6ccccc6cc45)c4ccccc34)ccc2CC1. The van der Waals surface area contributed by atoms with Crippen LogP contribution in [0.1, 0.15) is 17.5 Å². The van der Waals surface area contributed by atoms with Gasteiger partial charge < -0.3 is 4.98 Å². The summed E-state index contributed by atoms with van der Waals surface area (Å²) >= 11 is 0. The van der Waals surface area contributed by atoms with E-state index in [-0.39, 0.29) is 0 Å². The van der Waals surface area contributed by atoms with Gasteiger partial charge in [0, 0.05) is 21.8 Å². The van der Waals surface area contributed by atoms with Crippen molar-refractivity contribution in [1.29, 1.82) is 0 Å². The number of rotatable bonds is 2. The fraction of sp³-hybridized carbons (Fsp3) is 0.0500. The molecule has 7 aromatic carbocycles. The average Bonchev–Trinajstić information content (AvgIpc) is 3.38. The summed E-state index contributed by atoms with van der Waals surface area (Å²) < 4.78 is 0. The van der Waals surface area contributed by atoms with Crippen LogP contribution in [0.25, 0.3) is 82.5 Å². The molecule has 9 rings (SSSR count). The Hall–Kier alpha value is -5.14. The molecule has 1 aliphatic carbocycles. The van der Waals surface area contributed by atoms with Gasteiger partial charge in [-0.25, -0.2) is 0 Å². The van der Waals surface area contributed by atoms with E-state index in [2.05, 4.69) is 138 Å². The fourth-order valence-corrected chi connectivity index (χ4v) is 7.08. The van der Waals surface area contributed by atoms with Crippen molar-refractivity contribution in [3.63, 3.8) is 0 Å². The number of H-pyrrole nitrogens is 1. The van der Waals surface area contributed by atoms with Crippen molar-refractivity contribution in [2.45, 2.75) is 12.8 Å². The van der Waals surface area contributed by atoms with Gasteiger partial charge >= 0.3 is 0 Å². The van der Waals surface area contributed by atoms with Gasteiger partial charge in [-0.05, 0) is 103 Å². The van der Waals surface area contributed by atoms with Gasteiger partial charge in [-0.15, -0.1) is 0 Å². The molecule has 0 unspecified atom stereocenters. The first-order chi connectivity index (χ1) is 20.3. The highest BCUT2D eigenvalue weighted by Gasteiger charge is 2.18. The first-order valence-corrected chi connectivity index (χ1v) is 14.5. The summed E-state index contributed by atoms with van der Waals surface area (Å²) in [5.74, 6) is 0. The van der Waals surface area contributed by atoms with E-state index in [4.69, 9.17) is 0 Å². The number of hydrogen-bond donors (Lipinski definition) is 1. The van der Waals surface area contributed by atoms with Gasteiger partial charge in [0.25, 0.3) is 0 Å². The lowest BCUT2D eigenvalue weighted by molar-refractivity contribution is 0.986. The zero-order chi connectivity index (χ0) is 26.9. The molecule has 1 aliphatic rings. The second-order valence-corrected chi connectivity index (χ2v) is 11.3.